The van der Waals surface area contributed by atoms with E-state index in [9.17, 15) is 14.4 Å². The lowest BCUT2D eigenvalue weighted by atomic mass is 9.98. The highest BCUT2D eigenvalue weighted by atomic mass is 16.5. The topological polar surface area (TPSA) is 88.9 Å². The van der Waals surface area contributed by atoms with Crippen molar-refractivity contribution >= 4 is 17.5 Å². The molecule has 7 heteroatoms. The Hall–Kier alpha value is -2.93. The molecule has 0 spiro atoms. The molecule has 4 rings (SSSR count). The second-order valence-electron chi connectivity index (χ2n) is 7.22. The van der Waals surface area contributed by atoms with Gasteiger partial charge >= 0.3 is 0 Å². The Labute approximate surface area is 162 Å². The second-order valence-corrected chi connectivity index (χ2v) is 7.22. The van der Waals surface area contributed by atoms with Crippen LogP contribution in [0, 0.1) is 6.92 Å². The summed E-state index contributed by atoms with van der Waals surface area (Å²) in [6.45, 7) is 3.21. The molecule has 0 radical (unpaired) electrons. The van der Waals surface area contributed by atoms with E-state index in [0.29, 0.717) is 37.6 Å². The number of ether oxygens (including phenoxy) is 1. The normalized spacial score (nSPS) is 18.6. The summed E-state index contributed by atoms with van der Waals surface area (Å²) in [5.41, 5.74) is 2.56. The molecule has 7 nitrogen and oxygen atoms in total. The van der Waals surface area contributed by atoms with Gasteiger partial charge in [0.1, 0.15) is 11.9 Å². The molecule has 2 aliphatic heterocycles. The van der Waals surface area contributed by atoms with Crippen molar-refractivity contribution in [3.8, 4) is 0 Å². The molecule has 1 N–H and O–H groups in total. The highest BCUT2D eigenvalue weighted by Crippen LogP contribution is 2.24. The van der Waals surface area contributed by atoms with Crippen LogP contribution in [0.15, 0.2) is 39.5 Å². The van der Waals surface area contributed by atoms with Gasteiger partial charge in [-0.05, 0) is 49.4 Å². The Kier molecular flexibility index (Phi) is 5.00. The predicted octanol–water partition coefficient (Wildman–Crippen LogP) is 2.26. The largest absolute Gasteiger partial charge is 0.456 e. The highest BCUT2D eigenvalue weighted by molar-refractivity contribution is 5.94. The molecule has 2 aliphatic rings. The van der Waals surface area contributed by atoms with Gasteiger partial charge in [-0.15, -0.1) is 0 Å². The third kappa shape index (κ3) is 3.84. The van der Waals surface area contributed by atoms with Crippen molar-refractivity contribution in [3.05, 3.63) is 63.2 Å². The minimum atomic E-state index is -0.390. The number of nitrogens with one attached hydrogen (secondary N) is 1. The minimum Gasteiger partial charge on any atom is -0.456 e. The maximum Gasteiger partial charge on any atom is 0.290 e. The van der Waals surface area contributed by atoms with Crippen LogP contribution in [0.1, 0.15) is 40.3 Å². The number of carbonyl (C=O) groups is 2. The molecule has 1 aromatic heterocycles. The third-order valence-corrected chi connectivity index (χ3v) is 5.10. The number of amides is 2. The van der Waals surface area contributed by atoms with Crippen molar-refractivity contribution in [2.45, 2.75) is 38.8 Å². The predicted molar refractivity (Wildman–Crippen MR) is 102 cm³/mol. The van der Waals surface area contributed by atoms with Gasteiger partial charge in [0, 0.05) is 37.5 Å². The average molecular weight is 382 g/mol. The molecule has 0 saturated carbocycles. The lowest BCUT2D eigenvalue weighted by Crippen LogP contribution is -2.36. The van der Waals surface area contributed by atoms with Crippen LogP contribution in [0.5, 0.6) is 0 Å². The quantitative estimate of drug-likeness (QED) is 0.880. The third-order valence-electron chi connectivity index (χ3n) is 5.10. The summed E-state index contributed by atoms with van der Waals surface area (Å²) >= 11 is 0. The molecule has 0 bridgehead atoms. The Morgan fingerprint density at radius 1 is 1.18 bits per heavy atom. The first-order valence-electron chi connectivity index (χ1n) is 9.45. The Balaban J connectivity index is 1.50. The zero-order valence-electron chi connectivity index (χ0n) is 15.7. The molecule has 0 aliphatic carbocycles. The van der Waals surface area contributed by atoms with Gasteiger partial charge in [-0.2, -0.15) is 0 Å². The zero-order chi connectivity index (χ0) is 19.7. The number of benzene rings is 1. The van der Waals surface area contributed by atoms with E-state index in [-0.39, 0.29) is 23.0 Å². The van der Waals surface area contributed by atoms with Crippen molar-refractivity contribution in [2.24, 2.45) is 0 Å². The van der Waals surface area contributed by atoms with Crippen LogP contribution in [-0.2, 0) is 22.5 Å². The van der Waals surface area contributed by atoms with Gasteiger partial charge in [-0.25, -0.2) is 0 Å². The number of anilines is 1. The van der Waals surface area contributed by atoms with Crippen molar-refractivity contribution in [1.82, 2.24) is 4.90 Å². The van der Waals surface area contributed by atoms with Crippen LogP contribution in [0.3, 0.4) is 0 Å². The van der Waals surface area contributed by atoms with Gasteiger partial charge < -0.3 is 19.4 Å². The van der Waals surface area contributed by atoms with E-state index in [0.717, 1.165) is 24.0 Å². The van der Waals surface area contributed by atoms with Gasteiger partial charge in [0.25, 0.3) is 11.8 Å². The maximum atomic E-state index is 12.8. The molecule has 28 heavy (non-hydrogen) atoms. The Morgan fingerprint density at radius 3 is 2.79 bits per heavy atom. The standard InChI is InChI=1S/C21H22N2O5/c1-13-9-17(24)11-19(28-13)21(26)23-7-6-14-4-5-16(10-15(14)12-23)22-20(25)18-3-2-8-27-18/h4-5,9-11,18H,2-3,6-8,12H2,1H3,(H,22,25). The van der Waals surface area contributed by atoms with Crippen molar-refractivity contribution in [3.63, 3.8) is 0 Å². The van der Waals surface area contributed by atoms with Crippen LogP contribution in [0.4, 0.5) is 5.69 Å². The molecule has 1 aromatic carbocycles. The minimum absolute atomic E-state index is 0.0521. The first kappa shape index (κ1) is 18.4. The fourth-order valence-electron chi connectivity index (χ4n) is 3.68. The van der Waals surface area contributed by atoms with Gasteiger partial charge in [0.05, 0.1) is 0 Å². The zero-order valence-corrected chi connectivity index (χ0v) is 15.7. The summed E-state index contributed by atoms with van der Waals surface area (Å²) in [5, 5.41) is 2.90. The van der Waals surface area contributed by atoms with E-state index >= 15 is 0 Å². The van der Waals surface area contributed by atoms with Crippen molar-refractivity contribution < 1.29 is 18.7 Å². The molecule has 1 unspecified atom stereocenters. The number of hydrogen-bond acceptors (Lipinski definition) is 5. The molecule has 146 valence electrons. The molecule has 2 amide bonds. The van der Waals surface area contributed by atoms with E-state index in [4.69, 9.17) is 9.15 Å². The van der Waals surface area contributed by atoms with Crippen LogP contribution in [0.25, 0.3) is 0 Å². The summed E-state index contributed by atoms with van der Waals surface area (Å²) < 4.78 is 10.8. The highest BCUT2D eigenvalue weighted by Gasteiger charge is 2.26. The average Bonchev–Trinajstić information content (AvgIpc) is 3.21. The van der Waals surface area contributed by atoms with Crippen LogP contribution < -0.4 is 10.7 Å². The Morgan fingerprint density at radius 2 is 2.04 bits per heavy atom. The van der Waals surface area contributed by atoms with Gasteiger partial charge in [0.15, 0.2) is 11.2 Å². The van der Waals surface area contributed by atoms with Crippen LogP contribution in [0.2, 0.25) is 0 Å². The van der Waals surface area contributed by atoms with E-state index in [1.54, 1.807) is 11.8 Å². The van der Waals surface area contributed by atoms with Gasteiger partial charge in [0.2, 0.25) is 0 Å². The lowest BCUT2D eigenvalue weighted by molar-refractivity contribution is -0.124. The van der Waals surface area contributed by atoms with Crippen molar-refractivity contribution in [2.75, 3.05) is 18.5 Å². The van der Waals surface area contributed by atoms with E-state index in [2.05, 4.69) is 5.32 Å². The summed E-state index contributed by atoms with van der Waals surface area (Å²) in [7, 11) is 0. The van der Waals surface area contributed by atoms with Crippen LogP contribution >= 0.6 is 0 Å². The fraction of sp³-hybridized carbons (Fsp3) is 0.381. The summed E-state index contributed by atoms with van der Waals surface area (Å²) in [6.07, 6.45) is 1.95. The smallest absolute Gasteiger partial charge is 0.290 e. The molecule has 1 fully saturated rings. The lowest BCUT2D eigenvalue weighted by Gasteiger charge is -2.29. The SMILES string of the molecule is Cc1cc(=O)cc(C(=O)N2CCc3ccc(NC(=O)C4CCCO4)cc3C2)o1. The van der Waals surface area contributed by atoms with E-state index in [1.807, 2.05) is 18.2 Å². The number of aryl methyl sites for hydroxylation is 1. The van der Waals surface area contributed by atoms with Crippen molar-refractivity contribution in [1.29, 1.82) is 0 Å². The summed E-state index contributed by atoms with van der Waals surface area (Å²) in [6, 6.07) is 8.33. The molecular formula is C21H22N2O5. The number of hydrogen-bond donors (Lipinski definition) is 1. The second kappa shape index (κ2) is 7.59. The van der Waals surface area contributed by atoms with E-state index in [1.165, 1.54) is 12.1 Å². The molecule has 1 saturated heterocycles. The molecule has 1 atom stereocenters. The fourth-order valence-corrected chi connectivity index (χ4v) is 3.68. The Bertz CT molecular complexity index is 975. The van der Waals surface area contributed by atoms with Gasteiger partial charge in [-0.3, -0.25) is 14.4 Å². The number of carbonyl (C=O) groups excluding carboxylic acids is 2. The molecule has 2 aromatic rings. The number of nitrogens with zero attached hydrogens (tertiary/aromatic N) is 1. The van der Waals surface area contributed by atoms with Crippen LogP contribution in [-0.4, -0.2) is 36.0 Å². The van der Waals surface area contributed by atoms with E-state index < -0.39 is 6.10 Å². The first-order chi connectivity index (χ1) is 13.5. The summed E-state index contributed by atoms with van der Waals surface area (Å²) in [4.78, 5) is 38.3. The number of fused-ring (bicyclic) bond motifs is 1. The first-order valence-corrected chi connectivity index (χ1v) is 9.45. The molecule has 3 heterocycles. The number of rotatable bonds is 3. The summed E-state index contributed by atoms with van der Waals surface area (Å²) in [5.74, 6) is 0.0200. The van der Waals surface area contributed by atoms with Gasteiger partial charge in [-0.1, -0.05) is 6.07 Å². The molecular weight excluding hydrogens is 360 g/mol. The monoisotopic (exact) mass is 382 g/mol. The maximum absolute atomic E-state index is 12.8.